The lowest BCUT2D eigenvalue weighted by Gasteiger charge is -2.07. The Morgan fingerprint density at radius 3 is 3.06 bits per heavy atom. The number of rotatable bonds is 4. The second-order valence-electron chi connectivity index (χ2n) is 4.13. The van der Waals surface area contributed by atoms with Crippen molar-refractivity contribution < 1.29 is 9.21 Å². The molecular weight excluding hydrogens is 240 g/mol. The number of hydrogen-bond acceptors (Lipinski definition) is 6. The Morgan fingerprint density at radius 2 is 2.41 bits per heavy atom. The van der Waals surface area contributed by atoms with E-state index in [1.54, 1.807) is 19.0 Å². The van der Waals surface area contributed by atoms with Gasteiger partial charge in [-0.25, -0.2) is 0 Å². The lowest BCUT2D eigenvalue weighted by molar-refractivity contribution is -0.125. The summed E-state index contributed by atoms with van der Waals surface area (Å²) in [6.07, 6.45) is 2.16. The van der Waals surface area contributed by atoms with Crippen LogP contribution in [-0.2, 0) is 4.79 Å². The molecule has 0 radical (unpaired) electrons. The molecule has 0 bridgehead atoms. The Balaban J connectivity index is 1.87. The molecule has 1 aromatic rings. The first kappa shape index (κ1) is 12.4. The predicted molar refractivity (Wildman–Crippen MR) is 63.7 cm³/mol. The molecule has 2 heterocycles. The van der Waals surface area contributed by atoms with E-state index in [1.165, 1.54) is 11.8 Å². The van der Waals surface area contributed by atoms with Crippen LogP contribution in [0.25, 0.3) is 0 Å². The molecule has 1 N–H and O–H groups in total. The standard InChI is InChI=1S/C10H16N4O2S/c1-14(2)8(15)6-17-10-13-12-9(16-10)7-4-3-5-11-7/h7,11H,3-6H2,1-2H3. The minimum atomic E-state index is 0.0359. The molecule has 1 atom stereocenters. The monoisotopic (exact) mass is 256 g/mol. The normalized spacial score (nSPS) is 19.5. The summed E-state index contributed by atoms with van der Waals surface area (Å²) in [6, 6.07) is 0.182. The van der Waals surface area contributed by atoms with Crippen LogP contribution in [0.1, 0.15) is 24.8 Å². The van der Waals surface area contributed by atoms with Crippen molar-refractivity contribution in [2.24, 2.45) is 0 Å². The first-order chi connectivity index (χ1) is 8.16. The third kappa shape index (κ3) is 3.19. The van der Waals surface area contributed by atoms with Gasteiger partial charge in [-0.3, -0.25) is 4.79 Å². The molecule has 6 nitrogen and oxygen atoms in total. The van der Waals surface area contributed by atoms with Crippen molar-refractivity contribution in [3.05, 3.63) is 5.89 Å². The van der Waals surface area contributed by atoms with Gasteiger partial charge in [-0.2, -0.15) is 0 Å². The van der Waals surface area contributed by atoms with E-state index >= 15 is 0 Å². The van der Waals surface area contributed by atoms with Gasteiger partial charge in [-0.1, -0.05) is 11.8 Å². The van der Waals surface area contributed by atoms with Gasteiger partial charge >= 0.3 is 0 Å². The fourth-order valence-corrected chi connectivity index (χ4v) is 2.32. The van der Waals surface area contributed by atoms with Crippen molar-refractivity contribution >= 4 is 17.7 Å². The second-order valence-corrected chi connectivity index (χ2v) is 5.06. The van der Waals surface area contributed by atoms with E-state index in [0.29, 0.717) is 16.9 Å². The summed E-state index contributed by atoms with van der Waals surface area (Å²) in [5, 5.41) is 11.7. The van der Waals surface area contributed by atoms with Crippen molar-refractivity contribution in [3.63, 3.8) is 0 Å². The van der Waals surface area contributed by atoms with Gasteiger partial charge in [0, 0.05) is 14.1 Å². The average Bonchev–Trinajstić information content (AvgIpc) is 2.95. The smallest absolute Gasteiger partial charge is 0.277 e. The highest BCUT2D eigenvalue weighted by Crippen LogP contribution is 2.24. The van der Waals surface area contributed by atoms with E-state index < -0.39 is 0 Å². The number of amides is 1. The molecule has 1 saturated heterocycles. The topological polar surface area (TPSA) is 71.3 Å². The Kier molecular flexibility index (Phi) is 4.01. The molecule has 2 rings (SSSR count). The second kappa shape index (κ2) is 5.50. The van der Waals surface area contributed by atoms with Crippen molar-refractivity contribution in [2.75, 3.05) is 26.4 Å². The number of thioether (sulfide) groups is 1. The maximum atomic E-state index is 11.4. The van der Waals surface area contributed by atoms with Crippen LogP contribution >= 0.6 is 11.8 Å². The third-order valence-electron chi connectivity index (χ3n) is 2.60. The first-order valence-electron chi connectivity index (χ1n) is 5.56. The lowest BCUT2D eigenvalue weighted by Crippen LogP contribution is -2.23. The number of aromatic nitrogens is 2. The maximum Gasteiger partial charge on any atom is 0.277 e. The van der Waals surface area contributed by atoms with Crippen molar-refractivity contribution in [2.45, 2.75) is 24.1 Å². The average molecular weight is 256 g/mol. The number of nitrogens with one attached hydrogen (secondary N) is 1. The van der Waals surface area contributed by atoms with Gasteiger partial charge in [-0.15, -0.1) is 10.2 Å². The molecule has 0 aliphatic carbocycles. The van der Waals surface area contributed by atoms with Crippen LogP contribution in [0.2, 0.25) is 0 Å². The van der Waals surface area contributed by atoms with Gasteiger partial charge in [0.2, 0.25) is 11.8 Å². The number of carbonyl (C=O) groups excluding carboxylic acids is 1. The highest BCUT2D eigenvalue weighted by Gasteiger charge is 2.22. The van der Waals surface area contributed by atoms with Gasteiger partial charge in [0.1, 0.15) is 0 Å². The molecule has 7 heteroatoms. The van der Waals surface area contributed by atoms with E-state index in [-0.39, 0.29) is 11.9 Å². The van der Waals surface area contributed by atoms with Crippen molar-refractivity contribution in [1.82, 2.24) is 20.4 Å². The van der Waals surface area contributed by atoms with Crippen LogP contribution in [0.4, 0.5) is 0 Å². The quantitative estimate of drug-likeness (QED) is 0.799. The summed E-state index contributed by atoms with van der Waals surface area (Å²) in [6.45, 7) is 0.995. The number of carbonyl (C=O) groups is 1. The first-order valence-corrected chi connectivity index (χ1v) is 6.55. The zero-order chi connectivity index (χ0) is 12.3. The Bertz CT molecular complexity index is 387. The highest BCUT2D eigenvalue weighted by atomic mass is 32.2. The van der Waals surface area contributed by atoms with Crippen LogP contribution in [0, 0.1) is 0 Å². The fraction of sp³-hybridized carbons (Fsp3) is 0.700. The molecule has 0 spiro atoms. The van der Waals surface area contributed by atoms with Crippen LogP contribution in [0.5, 0.6) is 0 Å². The van der Waals surface area contributed by atoms with Crippen LogP contribution < -0.4 is 5.32 Å². The summed E-state index contributed by atoms with van der Waals surface area (Å²) >= 11 is 1.28. The molecule has 1 amide bonds. The molecule has 1 unspecified atom stereocenters. The summed E-state index contributed by atoms with van der Waals surface area (Å²) in [5.41, 5.74) is 0. The summed E-state index contributed by atoms with van der Waals surface area (Å²) in [7, 11) is 3.45. The van der Waals surface area contributed by atoms with Crippen LogP contribution in [0.3, 0.4) is 0 Å². The summed E-state index contributed by atoms with van der Waals surface area (Å²) in [5.74, 6) is 0.989. The molecule has 94 valence electrons. The van der Waals surface area contributed by atoms with E-state index in [1.807, 2.05) is 0 Å². The molecule has 1 fully saturated rings. The number of hydrogen-bond donors (Lipinski definition) is 1. The van der Waals surface area contributed by atoms with E-state index in [4.69, 9.17) is 4.42 Å². The zero-order valence-corrected chi connectivity index (χ0v) is 10.8. The predicted octanol–water partition coefficient (Wildman–Crippen LogP) is 0.674. The minimum Gasteiger partial charge on any atom is -0.414 e. The molecule has 1 aromatic heterocycles. The van der Waals surface area contributed by atoms with Gasteiger partial charge in [-0.05, 0) is 19.4 Å². The largest absolute Gasteiger partial charge is 0.414 e. The maximum absolute atomic E-state index is 11.4. The number of nitrogens with zero attached hydrogens (tertiary/aromatic N) is 3. The van der Waals surface area contributed by atoms with Gasteiger partial charge < -0.3 is 14.6 Å². The van der Waals surface area contributed by atoms with Gasteiger partial charge in [0.25, 0.3) is 5.22 Å². The van der Waals surface area contributed by atoms with Crippen molar-refractivity contribution in [1.29, 1.82) is 0 Å². The fourth-order valence-electron chi connectivity index (χ4n) is 1.57. The molecule has 0 saturated carbocycles. The summed E-state index contributed by atoms with van der Waals surface area (Å²) in [4.78, 5) is 12.9. The zero-order valence-electron chi connectivity index (χ0n) is 9.97. The van der Waals surface area contributed by atoms with E-state index in [0.717, 1.165) is 19.4 Å². The molecule has 0 aromatic carbocycles. The van der Waals surface area contributed by atoms with Gasteiger partial charge in [0.15, 0.2) is 0 Å². The van der Waals surface area contributed by atoms with Crippen LogP contribution in [-0.4, -0.2) is 47.4 Å². The minimum absolute atomic E-state index is 0.0359. The Morgan fingerprint density at radius 1 is 1.59 bits per heavy atom. The van der Waals surface area contributed by atoms with Crippen molar-refractivity contribution in [3.8, 4) is 0 Å². The van der Waals surface area contributed by atoms with E-state index in [2.05, 4.69) is 15.5 Å². The van der Waals surface area contributed by atoms with E-state index in [9.17, 15) is 4.79 Å². The molecule has 1 aliphatic rings. The highest BCUT2D eigenvalue weighted by molar-refractivity contribution is 7.99. The Hall–Kier alpha value is -1.08. The molecule has 1 aliphatic heterocycles. The third-order valence-corrected chi connectivity index (χ3v) is 3.40. The molecular formula is C10H16N4O2S. The lowest BCUT2D eigenvalue weighted by atomic mass is 10.2. The molecule has 17 heavy (non-hydrogen) atoms. The van der Waals surface area contributed by atoms with Gasteiger partial charge in [0.05, 0.1) is 11.8 Å². The Labute approximate surface area is 104 Å². The van der Waals surface area contributed by atoms with Crippen LogP contribution in [0.15, 0.2) is 9.64 Å². The SMILES string of the molecule is CN(C)C(=O)CSc1nnc(C2CCCN2)o1. The summed E-state index contributed by atoms with van der Waals surface area (Å²) < 4.78 is 5.51.